The molecule has 58 valence electrons. The summed E-state index contributed by atoms with van der Waals surface area (Å²) in [6.45, 7) is 2.23. The second-order valence-electron chi connectivity index (χ2n) is 2.59. The van der Waals surface area contributed by atoms with E-state index in [0.29, 0.717) is 0 Å². The molecule has 0 saturated carbocycles. The molecular weight excluding hydrogens is 239 g/mol. The smallest absolute Gasteiger partial charge is 0 e. The molecule has 0 saturated heterocycles. The molecule has 0 N–H and O–H groups in total. The zero-order chi connectivity index (χ0) is 7.23. The van der Waals surface area contributed by atoms with Crippen molar-refractivity contribution in [3.05, 3.63) is 35.9 Å². The maximum absolute atomic E-state index is 2.23. The van der Waals surface area contributed by atoms with E-state index < -0.39 is 0 Å². The molecule has 0 aliphatic rings. The standard InChI is InChI=1S/C10H14.Sn/c1-2-3-7-10-8-5-4-6-9-10;/h4-6,8-9H,2-3,7H2,1H3;. The number of hydrogen-bond acceptors (Lipinski definition) is 0. The van der Waals surface area contributed by atoms with Crippen LogP contribution in [0.1, 0.15) is 25.3 Å². The van der Waals surface area contributed by atoms with Crippen LogP contribution >= 0.6 is 0 Å². The van der Waals surface area contributed by atoms with Crippen LogP contribution in [0, 0.1) is 0 Å². The summed E-state index contributed by atoms with van der Waals surface area (Å²) in [4.78, 5) is 0. The van der Waals surface area contributed by atoms with Crippen molar-refractivity contribution < 1.29 is 0 Å². The third-order valence-electron chi connectivity index (χ3n) is 1.66. The van der Waals surface area contributed by atoms with Crippen molar-refractivity contribution in [1.82, 2.24) is 0 Å². The van der Waals surface area contributed by atoms with Gasteiger partial charge in [0, 0.05) is 23.9 Å². The Morgan fingerprint density at radius 2 is 1.73 bits per heavy atom. The van der Waals surface area contributed by atoms with E-state index in [1.54, 1.807) is 0 Å². The van der Waals surface area contributed by atoms with Crippen LogP contribution in [0.4, 0.5) is 0 Å². The zero-order valence-corrected chi connectivity index (χ0v) is 9.86. The Hall–Kier alpha value is 0.0187. The first-order chi connectivity index (χ1) is 4.93. The molecule has 0 heterocycles. The van der Waals surface area contributed by atoms with Crippen molar-refractivity contribution >= 4 is 23.9 Å². The summed E-state index contributed by atoms with van der Waals surface area (Å²) >= 11 is 0. The molecule has 1 heteroatoms. The Balaban J connectivity index is 0.000001000. The summed E-state index contributed by atoms with van der Waals surface area (Å²) in [6.07, 6.45) is 3.83. The fraction of sp³-hybridized carbons (Fsp3) is 0.400. The van der Waals surface area contributed by atoms with Crippen molar-refractivity contribution in [2.24, 2.45) is 0 Å². The van der Waals surface area contributed by atoms with Crippen molar-refractivity contribution in [2.45, 2.75) is 26.2 Å². The predicted octanol–water partition coefficient (Wildman–Crippen LogP) is 2.65. The van der Waals surface area contributed by atoms with Gasteiger partial charge in [-0.1, -0.05) is 43.7 Å². The van der Waals surface area contributed by atoms with Gasteiger partial charge in [0.1, 0.15) is 0 Å². The molecule has 0 atom stereocenters. The Labute approximate surface area is 86.0 Å². The molecule has 0 bridgehead atoms. The number of benzene rings is 1. The maximum Gasteiger partial charge on any atom is 0 e. The maximum atomic E-state index is 2.23. The minimum Gasteiger partial charge on any atom is -0.0654 e. The molecule has 1 aromatic carbocycles. The first-order valence-corrected chi connectivity index (χ1v) is 3.97. The number of rotatable bonds is 3. The second kappa shape index (κ2) is 6.71. The molecule has 0 spiro atoms. The molecule has 4 radical (unpaired) electrons. The topological polar surface area (TPSA) is 0 Å². The number of hydrogen-bond donors (Lipinski definition) is 0. The molecular formula is C10H14Sn. The fourth-order valence-corrected chi connectivity index (χ4v) is 1.03. The third kappa shape index (κ3) is 4.46. The van der Waals surface area contributed by atoms with Crippen LogP contribution in [0.3, 0.4) is 0 Å². The molecule has 0 amide bonds. The van der Waals surface area contributed by atoms with E-state index >= 15 is 0 Å². The van der Waals surface area contributed by atoms with Crippen LogP contribution < -0.4 is 0 Å². The minimum absolute atomic E-state index is 0. The first kappa shape index (κ1) is 11.0. The molecule has 0 nitrogen and oxygen atoms in total. The largest absolute Gasteiger partial charge is 0.0654 e. The van der Waals surface area contributed by atoms with Crippen molar-refractivity contribution in [1.29, 1.82) is 0 Å². The molecule has 1 rings (SSSR count). The Morgan fingerprint density at radius 1 is 1.09 bits per heavy atom. The summed E-state index contributed by atoms with van der Waals surface area (Å²) in [5.41, 5.74) is 1.46. The van der Waals surface area contributed by atoms with Crippen molar-refractivity contribution in [3.8, 4) is 0 Å². The van der Waals surface area contributed by atoms with Gasteiger partial charge < -0.3 is 0 Å². The average Bonchev–Trinajstić information content (AvgIpc) is 2.03. The van der Waals surface area contributed by atoms with Gasteiger partial charge in [0.05, 0.1) is 0 Å². The SMILES string of the molecule is CCCCc1ccccc1.[Sn]. The molecule has 11 heavy (non-hydrogen) atoms. The first-order valence-electron chi connectivity index (χ1n) is 3.97. The predicted molar refractivity (Wildman–Crippen MR) is 50.8 cm³/mol. The van der Waals surface area contributed by atoms with E-state index in [1.807, 2.05) is 0 Å². The van der Waals surface area contributed by atoms with Crippen LogP contribution in [0.5, 0.6) is 0 Å². The van der Waals surface area contributed by atoms with Crippen LogP contribution in [0.15, 0.2) is 30.3 Å². The normalized spacial score (nSPS) is 8.82. The summed E-state index contributed by atoms with van der Waals surface area (Å²) in [6, 6.07) is 10.6. The van der Waals surface area contributed by atoms with Gasteiger partial charge in [0.25, 0.3) is 0 Å². The van der Waals surface area contributed by atoms with E-state index in [-0.39, 0.29) is 23.9 Å². The molecule has 0 aliphatic carbocycles. The van der Waals surface area contributed by atoms with Crippen LogP contribution in [-0.2, 0) is 6.42 Å². The zero-order valence-electron chi connectivity index (χ0n) is 7.01. The Kier molecular flexibility index (Phi) is 6.72. The van der Waals surface area contributed by atoms with E-state index in [2.05, 4.69) is 37.3 Å². The van der Waals surface area contributed by atoms with Gasteiger partial charge in [-0.2, -0.15) is 0 Å². The van der Waals surface area contributed by atoms with Crippen molar-refractivity contribution in [2.75, 3.05) is 0 Å². The third-order valence-corrected chi connectivity index (χ3v) is 1.66. The second-order valence-corrected chi connectivity index (χ2v) is 2.59. The minimum atomic E-state index is 0. The van der Waals surface area contributed by atoms with Crippen LogP contribution in [0.2, 0.25) is 0 Å². The average molecular weight is 253 g/mol. The molecule has 0 fully saturated rings. The van der Waals surface area contributed by atoms with E-state index in [1.165, 1.54) is 24.8 Å². The van der Waals surface area contributed by atoms with Gasteiger partial charge in [-0.05, 0) is 18.4 Å². The van der Waals surface area contributed by atoms with Gasteiger partial charge >= 0.3 is 0 Å². The summed E-state index contributed by atoms with van der Waals surface area (Å²) in [5, 5.41) is 0. The van der Waals surface area contributed by atoms with Gasteiger partial charge in [-0.15, -0.1) is 0 Å². The van der Waals surface area contributed by atoms with E-state index in [0.717, 1.165) is 0 Å². The summed E-state index contributed by atoms with van der Waals surface area (Å²) in [7, 11) is 0. The molecule has 0 aromatic heterocycles. The molecule has 0 aliphatic heterocycles. The summed E-state index contributed by atoms with van der Waals surface area (Å²) < 4.78 is 0. The van der Waals surface area contributed by atoms with Gasteiger partial charge in [-0.25, -0.2) is 0 Å². The van der Waals surface area contributed by atoms with E-state index in [9.17, 15) is 0 Å². The fourth-order valence-electron chi connectivity index (χ4n) is 1.03. The van der Waals surface area contributed by atoms with Crippen molar-refractivity contribution in [3.63, 3.8) is 0 Å². The van der Waals surface area contributed by atoms with Gasteiger partial charge in [-0.3, -0.25) is 0 Å². The summed E-state index contributed by atoms with van der Waals surface area (Å²) in [5.74, 6) is 0. The quantitative estimate of drug-likeness (QED) is 0.726. The number of unbranched alkanes of at least 4 members (excludes halogenated alkanes) is 1. The van der Waals surface area contributed by atoms with Gasteiger partial charge in [0.2, 0.25) is 0 Å². The van der Waals surface area contributed by atoms with Crippen LogP contribution in [0.25, 0.3) is 0 Å². The molecule has 0 unspecified atom stereocenters. The van der Waals surface area contributed by atoms with Gasteiger partial charge in [0.15, 0.2) is 0 Å². The molecule has 1 aromatic rings. The Morgan fingerprint density at radius 3 is 2.27 bits per heavy atom. The van der Waals surface area contributed by atoms with Crippen LogP contribution in [-0.4, -0.2) is 23.9 Å². The monoisotopic (exact) mass is 254 g/mol. The number of aryl methyl sites for hydroxylation is 1. The Bertz CT molecular complexity index is 169. The van der Waals surface area contributed by atoms with E-state index in [4.69, 9.17) is 0 Å².